The highest BCUT2D eigenvalue weighted by Gasteiger charge is 2.30. The molecule has 18 heavy (non-hydrogen) atoms. The molecule has 0 aromatic rings. The number of carbonyl (C=O) groups is 2. The largest absolute Gasteiger partial charge is 0.375 e. The molecule has 6 nitrogen and oxygen atoms in total. The first kappa shape index (κ1) is 13.0. The molecule has 1 unspecified atom stereocenters. The smallest absolute Gasteiger partial charge is 0.267 e. The number of nitrogens with one attached hydrogen (secondary N) is 2. The van der Waals surface area contributed by atoms with Gasteiger partial charge in [-0.15, -0.1) is 0 Å². The van der Waals surface area contributed by atoms with E-state index in [0.29, 0.717) is 25.2 Å². The van der Waals surface area contributed by atoms with Gasteiger partial charge < -0.3 is 10.1 Å². The summed E-state index contributed by atoms with van der Waals surface area (Å²) >= 11 is 0. The summed E-state index contributed by atoms with van der Waals surface area (Å²) < 4.78 is 5.60. The van der Waals surface area contributed by atoms with E-state index in [1.165, 1.54) is 0 Å². The average Bonchev–Trinajstić information content (AvgIpc) is 2.28. The number of ether oxygens (including phenoxy) is 1. The zero-order valence-corrected chi connectivity index (χ0v) is 10.8. The van der Waals surface area contributed by atoms with Crippen molar-refractivity contribution in [2.75, 3.05) is 6.61 Å². The highest BCUT2D eigenvalue weighted by Crippen LogP contribution is 2.23. The van der Waals surface area contributed by atoms with Crippen molar-refractivity contribution in [1.82, 2.24) is 10.7 Å². The lowest BCUT2D eigenvalue weighted by atomic mass is 9.94. The number of rotatable bonds is 2. The summed E-state index contributed by atoms with van der Waals surface area (Å²) in [5.41, 5.74) is 2.54. The molecule has 2 rings (SSSR count). The Labute approximate surface area is 106 Å². The van der Waals surface area contributed by atoms with E-state index in [4.69, 9.17) is 4.74 Å². The van der Waals surface area contributed by atoms with Crippen molar-refractivity contribution in [2.24, 2.45) is 5.10 Å². The fourth-order valence-corrected chi connectivity index (χ4v) is 2.26. The van der Waals surface area contributed by atoms with Crippen molar-refractivity contribution in [3.63, 3.8) is 0 Å². The van der Waals surface area contributed by atoms with Gasteiger partial charge in [0.1, 0.15) is 5.71 Å². The second kappa shape index (κ2) is 5.06. The molecule has 100 valence electrons. The molecule has 0 saturated carbocycles. The van der Waals surface area contributed by atoms with Crippen molar-refractivity contribution in [3.8, 4) is 0 Å². The van der Waals surface area contributed by atoms with Crippen molar-refractivity contribution in [2.45, 2.75) is 51.2 Å². The Hall–Kier alpha value is -1.43. The molecule has 2 heterocycles. The molecule has 0 aromatic carbocycles. The van der Waals surface area contributed by atoms with Gasteiger partial charge in [-0.25, -0.2) is 5.43 Å². The highest BCUT2D eigenvalue weighted by atomic mass is 16.5. The van der Waals surface area contributed by atoms with Gasteiger partial charge in [0.15, 0.2) is 0 Å². The maximum Gasteiger partial charge on any atom is 0.267 e. The molecule has 1 fully saturated rings. The molecule has 2 N–H and O–H groups in total. The van der Waals surface area contributed by atoms with Crippen molar-refractivity contribution < 1.29 is 14.3 Å². The summed E-state index contributed by atoms with van der Waals surface area (Å²) in [7, 11) is 0. The third-order valence-corrected chi connectivity index (χ3v) is 3.20. The molecular weight excluding hydrogens is 234 g/mol. The van der Waals surface area contributed by atoms with Crippen LogP contribution in [0.5, 0.6) is 0 Å². The minimum atomic E-state index is -0.196. The van der Waals surface area contributed by atoms with Crippen LogP contribution in [0.25, 0.3) is 0 Å². The van der Waals surface area contributed by atoms with Crippen LogP contribution in [0, 0.1) is 0 Å². The molecule has 1 atom stereocenters. The number of hydrogen-bond acceptors (Lipinski definition) is 4. The minimum Gasteiger partial charge on any atom is -0.375 e. The van der Waals surface area contributed by atoms with Crippen molar-refractivity contribution in [1.29, 1.82) is 0 Å². The molecule has 0 aliphatic carbocycles. The van der Waals surface area contributed by atoms with Gasteiger partial charge in [0.2, 0.25) is 5.91 Å². The fraction of sp³-hybridized carbons (Fsp3) is 0.750. The Morgan fingerprint density at radius 3 is 2.89 bits per heavy atom. The van der Waals surface area contributed by atoms with Gasteiger partial charge in [0.05, 0.1) is 5.60 Å². The number of hydrogen-bond donors (Lipinski definition) is 2. The van der Waals surface area contributed by atoms with Crippen LogP contribution in [-0.4, -0.2) is 35.8 Å². The summed E-state index contributed by atoms with van der Waals surface area (Å²) in [6.45, 7) is 4.69. The molecule has 1 saturated heterocycles. The second-order valence-electron chi connectivity index (χ2n) is 5.36. The van der Waals surface area contributed by atoms with E-state index in [-0.39, 0.29) is 23.5 Å². The van der Waals surface area contributed by atoms with Gasteiger partial charge in [-0.1, -0.05) is 0 Å². The third-order valence-electron chi connectivity index (χ3n) is 3.20. The van der Waals surface area contributed by atoms with Crippen LogP contribution in [-0.2, 0) is 14.3 Å². The SMILES string of the molecule is CC1(C)CC(NC(=O)C2=NNC(=O)CC2)CCO1. The lowest BCUT2D eigenvalue weighted by Crippen LogP contribution is -2.48. The quantitative estimate of drug-likeness (QED) is 0.744. The number of hydrazone groups is 1. The summed E-state index contributed by atoms with van der Waals surface area (Å²) in [4.78, 5) is 22.9. The van der Waals surface area contributed by atoms with Crippen LogP contribution in [0.2, 0.25) is 0 Å². The molecule has 0 radical (unpaired) electrons. The number of nitrogens with zero attached hydrogens (tertiary/aromatic N) is 1. The second-order valence-corrected chi connectivity index (χ2v) is 5.36. The Kier molecular flexibility index (Phi) is 3.65. The first-order valence-corrected chi connectivity index (χ1v) is 6.26. The van der Waals surface area contributed by atoms with Crippen molar-refractivity contribution >= 4 is 17.5 Å². The molecule has 2 aliphatic heterocycles. The average molecular weight is 253 g/mol. The van der Waals surface area contributed by atoms with Crippen molar-refractivity contribution in [3.05, 3.63) is 0 Å². The molecule has 0 aromatic heterocycles. The van der Waals surface area contributed by atoms with Gasteiger partial charge in [0.25, 0.3) is 5.91 Å². The summed E-state index contributed by atoms with van der Waals surface area (Å²) in [5, 5.41) is 6.74. The summed E-state index contributed by atoms with van der Waals surface area (Å²) in [5.74, 6) is -0.323. The van der Waals surface area contributed by atoms with Gasteiger partial charge >= 0.3 is 0 Å². The van der Waals surface area contributed by atoms with E-state index < -0.39 is 0 Å². The molecule has 0 spiro atoms. The maximum atomic E-state index is 12.0. The topological polar surface area (TPSA) is 79.8 Å². The predicted octanol–water partition coefficient (Wildman–Crippen LogP) is 0.326. The Morgan fingerprint density at radius 2 is 2.28 bits per heavy atom. The van der Waals surface area contributed by atoms with E-state index >= 15 is 0 Å². The van der Waals surface area contributed by atoms with Gasteiger partial charge in [-0.2, -0.15) is 5.10 Å². The molecule has 6 heteroatoms. The molecule has 2 amide bonds. The van der Waals surface area contributed by atoms with Crippen LogP contribution in [0.1, 0.15) is 39.5 Å². The molecule has 2 aliphatic rings. The first-order valence-electron chi connectivity index (χ1n) is 6.26. The lowest BCUT2D eigenvalue weighted by Gasteiger charge is -2.35. The standard InChI is InChI=1S/C12H19N3O3/c1-12(2)7-8(5-6-18-12)13-11(17)9-3-4-10(16)15-14-9/h8H,3-7H2,1-2H3,(H,13,17)(H,15,16). The first-order chi connectivity index (χ1) is 8.46. The van der Waals surface area contributed by atoms with Gasteiger partial charge in [-0.3, -0.25) is 9.59 Å². The highest BCUT2D eigenvalue weighted by molar-refractivity contribution is 6.39. The van der Waals surface area contributed by atoms with Crippen LogP contribution < -0.4 is 10.7 Å². The Morgan fingerprint density at radius 1 is 1.50 bits per heavy atom. The van der Waals surface area contributed by atoms with Gasteiger partial charge in [0, 0.05) is 25.5 Å². The summed E-state index contributed by atoms with van der Waals surface area (Å²) in [6, 6.07) is 0.113. The van der Waals surface area contributed by atoms with E-state index in [2.05, 4.69) is 15.8 Å². The monoisotopic (exact) mass is 253 g/mol. The predicted molar refractivity (Wildman–Crippen MR) is 66.0 cm³/mol. The Bertz CT molecular complexity index is 390. The van der Waals surface area contributed by atoms with Crippen LogP contribution >= 0.6 is 0 Å². The van der Waals surface area contributed by atoms with Crippen LogP contribution in [0.15, 0.2) is 5.10 Å². The third kappa shape index (κ3) is 3.29. The summed E-state index contributed by atoms with van der Waals surface area (Å²) in [6.07, 6.45) is 2.34. The fourth-order valence-electron chi connectivity index (χ4n) is 2.26. The van der Waals surface area contributed by atoms with Gasteiger partial charge in [-0.05, 0) is 26.7 Å². The molecular formula is C12H19N3O3. The van der Waals surface area contributed by atoms with Crippen LogP contribution in [0.4, 0.5) is 0 Å². The number of carbonyl (C=O) groups excluding carboxylic acids is 2. The van der Waals surface area contributed by atoms with E-state index in [1.807, 2.05) is 13.8 Å². The normalized spacial score (nSPS) is 27.1. The minimum absolute atomic E-state index is 0.113. The zero-order chi connectivity index (χ0) is 13.2. The number of amides is 2. The maximum absolute atomic E-state index is 12.0. The molecule has 0 bridgehead atoms. The zero-order valence-electron chi connectivity index (χ0n) is 10.8. The lowest BCUT2D eigenvalue weighted by molar-refractivity contribution is -0.121. The van der Waals surface area contributed by atoms with Crippen LogP contribution in [0.3, 0.4) is 0 Å². The Balaban J connectivity index is 1.89. The van der Waals surface area contributed by atoms with E-state index in [1.54, 1.807) is 0 Å². The van der Waals surface area contributed by atoms with E-state index in [0.717, 1.165) is 12.8 Å². The van der Waals surface area contributed by atoms with E-state index in [9.17, 15) is 9.59 Å².